The van der Waals surface area contributed by atoms with E-state index in [1.807, 2.05) is 90.7 Å². The third-order valence-corrected chi connectivity index (χ3v) is 5.72. The first-order valence-electron chi connectivity index (χ1n) is 11.1. The fourth-order valence-corrected chi connectivity index (χ4v) is 4.09. The summed E-state index contributed by atoms with van der Waals surface area (Å²) in [5.74, 6) is 0.295. The number of carbonyl (C=O) groups excluding carboxylic acids is 2. The number of anilines is 1. The summed E-state index contributed by atoms with van der Waals surface area (Å²) in [5, 5.41) is 6.53. The molecule has 2 amide bonds. The lowest BCUT2D eigenvalue weighted by Crippen LogP contribution is -2.35. The van der Waals surface area contributed by atoms with Crippen molar-refractivity contribution >= 4 is 17.5 Å². The Morgan fingerprint density at radius 1 is 0.906 bits per heavy atom. The minimum atomic E-state index is -0.223. The first-order valence-corrected chi connectivity index (χ1v) is 11.1. The van der Waals surface area contributed by atoms with E-state index < -0.39 is 0 Å². The molecule has 2 atom stereocenters. The molecule has 0 radical (unpaired) electrons. The topological polar surface area (TPSA) is 61.4 Å². The number of carbonyl (C=O) groups is 2. The zero-order chi connectivity index (χ0) is 22.7. The Morgan fingerprint density at radius 2 is 1.56 bits per heavy atom. The van der Waals surface area contributed by atoms with E-state index in [1.54, 1.807) is 0 Å². The molecule has 32 heavy (non-hydrogen) atoms. The van der Waals surface area contributed by atoms with Crippen molar-refractivity contribution in [3.8, 4) is 0 Å². The predicted molar refractivity (Wildman–Crippen MR) is 127 cm³/mol. The molecule has 0 saturated carbocycles. The molecule has 1 aliphatic heterocycles. The Kier molecular flexibility index (Phi) is 6.26. The lowest BCUT2D eigenvalue weighted by atomic mass is 10.1. The Morgan fingerprint density at radius 3 is 2.25 bits per heavy atom. The van der Waals surface area contributed by atoms with Crippen LogP contribution in [0.1, 0.15) is 64.8 Å². The summed E-state index contributed by atoms with van der Waals surface area (Å²) in [6.45, 7) is 6.86. The van der Waals surface area contributed by atoms with Crippen molar-refractivity contribution in [1.29, 1.82) is 0 Å². The number of nitrogens with zero attached hydrogens (tertiary/aromatic N) is 1. The highest BCUT2D eigenvalue weighted by Crippen LogP contribution is 2.34. The molecule has 0 spiro atoms. The number of rotatable bonds is 7. The second-order valence-electron chi connectivity index (χ2n) is 8.67. The van der Waals surface area contributed by atoms with Crippen LogP contribution in [0.3, 0.4) is 0 Å². The number of amides is 2. The normalized spacial score (nSPS) is 16.1. The van der Waals surface area contributed by atoms with E-state index in [2.05, 4.69) is 24.5 Å². The summed E-state index contributed by atoms with van der Waals surface area (Å²) in [6, 6.07) is 25.0. The quantitative estimate of drug-likeness (QED) is 0.531. The number of nitrogens with one attached hydrogen (secondary N) is 2. The van der Waals surface area contributed by atoms with Crippen LogP contribution in [-0.4, -0.2) is 23.3 Å². The van der Waals surface area contributed by atoms with Crippen molar-refractivity contribution in [3.05, 3.63) is 101 Å². The van der Waals surface area contributed by atoms with Gasteiger partial charge in [0.2, 0.25) is 0 Å². The SMILES string of the molecule is CC(C)CN1C(=O)c2ccccc2[C@H]1Nc1ccc(C(=O)N[C@@H](C)c2ccccc2)cc1. The maximum Gasteiger partial charge on any atom is 0.256 e. The van der Waals surface area contributed by atoms with Gasteiger partial charge in [0.15, 0.2) is 0 Å². The molecule has 3 aromatic carbocycles. The van der Waals surface area contributed by atoms with Gasteiger partial charge < -0.3 is 15.5 Å². The molecule has 0 unspecified atom stereocenters. The maximum atomic E-state index is 12.9. The highest BCUT2D eigenvalue weighted by atomic mass is 16.2. The lowest BCUT2D eigenvalue weighted by molar-refractivity contribution is 0.0720. The Balaban J connectivity index is 1.48. The third kappa shape index (κ3) is 4.52. The second kappa shape index (κ2) is 9.27. The van der Waals surface area contributed by atoms with E-state index in [4.69, 9.17) is 0 Å². The molecule has 0 bridgehead atoms. The third-order valence-electron chi connectivity index (χ3n) is 5.72. The first kappa shape index (κ1) is 21.6. The van der Waals surface area contributed by atoms with Crippen LogP contribution in [0.25, 0.3) is 0 Å². The molecule has 164 valence electrons. The van der Waals surface area contributed by atoms with Crippen LogP contribution < -0.4 is 10.6 Å². The van der Waals surface area contributed by atoms with Gasteiger partial charge in [-0.15, -0.1) is 0 Å². The van der Waals surface area contributed by atoms with Gasteiger partial charge >= 0.3 is 0 Å². The molecule has 3 aromatic rings. The van der Waals surface area contributed by atoms with Crippen molar-refractivity contribution in [2.45, 2.75) is 33.0 Å². The predicted octanol–water partition coefficient (Wildman–Crippen LogP) is 5.40. The van der Waals surface area contributed by atoms with Crippen LogP contribution in [0.5, 0.6) is 0 Å². The van der Waals surface area contributed by atoms with E-state index >= 15 is 0 Å². The summed E-state index contributed by atoms with van der Waals surface area (Å²) in [7, 11) is 0. The molecule has 0 aliphatic carbocycles. The zero-order valence-corrected chi connectivity index (χ0v) is 18.7. The van der Waals surface area contributed by atoms with Crippen molar-refractivity contribution in [3.63, 3.8) is 0 Å². The van der Waals surface area contributed by atoms with Gasteiger partial charge in [-0.25, -0.2) is 0 Å². The maximum absolute atomic E-state index is 12.9. The van der Waals surface area contributed by atoms with Crippen LogP contribution in [-0.2, 0) is 0 Å². The van der Waals surface area contributed by atoms with Crippen molar-refractivity contribution in [2.75, 3.05) is 11.9 Å². The van der Waals surface area contributed by atoms with Gasteiger partial charge in [-0.2, -0.15) is 0 Å². The molecule has 0 fully saturated rings. The van der Waals surface area contributed by atoms with Crippen LogP contribution in [0.2, 0.25) is 0 Å². The molecule has 4 rings (SSSR count). The molecule has 1 aliphatic rings. The summed E-state index contributed by atoms with van der Waals surface area (Å²) in [5.41, 5.74) is 4.25. The molecular formula is C27H29N3O2. The first-order chi connectivity index (χ1) is 15.4. The largest absolute Gasteiger partial charge is 0.361 e. The van der Waals surface area contributed by atoms with Gasteiger partial charge in [0, 0.05) is 28.9 Å². The van der Waals surface area contributed by atoms with Crippen LogP contribution in [0.4, 0.5) is 5.69 Å². The number of benzene rings is 3. The van der Waals surface area contributed by atoms with Crippen molar-refractivity contribution in [1.82, 2.24) is 10.2 Å². The minimum Gasteiger partial charge on any atom is -0.361 e. The van der Waals surface area contributed by atoms with E-state index in [1.165, 1.54) is 0 Å². The lowest BCUT2D eigenvalue weighted by Gasteiger charge is -2.28. The minimum absolute atomic E-state index is 0.0534. The Hall–Kier alpha value is -3.60. The van der Waals surface area contributed by atoms with E-state index in [9.17, 15) is 9.59 Å². The second-order valence-corrected chi connectivity index (χ2v) is 8.67. The molecule has 2 N–H and O–H groups in total. The monoisotopic (exact) mass is 427 g/mol. The number of hydrogen-bond donors (Lipinski definition) is 2. The van der Waals surface area contributed by atoms with E-state index in [-0.39, 0.29) is 24.0 Å². The van der Waals surface area contributed by atoms with Crippen LogP contribution in [0.15, 0.2) is 78.9 Å². The fourth-order valence-electron chi connectivity index (χ4n) is 4.09. The smallest absolute Gasteiger partial charge is 0.256 e. The van der Waals surface area contributed by atoms with Crippen molar-refractivity contribution in [2.24, 2.45) is 5.92 Å². The van der Waals surface area contributed by atoms with Crippen LogP contribution in [0, 0.1) is 5.92 Å². The molecule has 5 heteroatoms. The summed E-state index contributed by atoms with van der Waals surface area (Å²) >= 11 is 0. The molecule has 0 aromatic heterocycles. The van der Waals surface area contributed by atoms with Gasteiger partial charge in [0.05, 0.1) is 6.04 Å². The average molecular weight is 428 g/mol. The standard InChI is InChI=1S/C27H29N3O2/c1-18(2)17-30-25(23-11-7-8-12-24(23)27(30)32)29-22-15-13-21(14-16-22)26(31)28-19(3)20-9-5-4-6-10-20/h4-16,18-19,25,29H,17H2,1-3H3,(H,28,31)/t19-,25-/m0/s1. The van der Waals surface area contributed by atoms with Crippen LogP contribution >= 0.6 is 0 Å². The fraction of sp³-hybridized carbons (Fsp3) is 0.259. The van der Waals surface area contributed by atoms with E-state index in [0.717, 1.165) is 22.4 Å². The highest BCUT2D eigenvalue weighted by Gasteiger charge is 2.36. The summed E-state index contributed by atoms with van der Waals surface area (Å²) in [6.07, 6.45) is -0.223. The molecule has 1 heterocycles. The van der Waals surface area contributed by atoms with Crippen molar-refractivity contribution < 1.29 is 9.59 Å². The zero-order valence-electron chi connectivity index (χ0n) is 18.7. The van der Waals surface area contributed by atoms with Gasteiger partial charge in [0.1, 0.15) is 6.17 Å². The highest BCUT2D eigenvalue weighted by molar-refractivity contribution is 5.99. The van der Waals surface area contributed by atoms with Gasteiger partial charge in [0.25, 0.3) is 11.8 Å². The van der Waals surface area contributed by atoms with Gasteiger partial charge in [-0.3, -0.25) is 9.59 Å². The molecule has 5 nitrogen and oxygen atoms in total. The molecular weight excluding hydrogens is 398 g/mol. The number of hydrogen-bond acceptors (Lipinski definition) is 3. The molecule has 0 saturated heterocycles. The van der Waals surface area contributed by atoms with E-state index in [0.29, 0.717) is 18.0 Å². The summed E-state index contributed by atoms with van der Waals surface area (Å²) in [4.78, 5) is 27.5. The summed E-state index contributed by atoms with van der Waals surface area (Å²) < 4.78 is 0. The Labute approximate surface area is 189 Å². The Bertz CT molecular complexity index is 1090. The van der Waals surface area contributed by atoms with Gasteiger partial charge in [-0.05, 0) is 48.7 Å². The average Bonchev–Trinajstić information content (AvgIpc) is 3.05. The van der Waals surface area contributed by atoms with Gasteiger partial charge in [-0.1, -0.05) is 62.4 Å². The number of fused-ring (bicyclic) bond motifs is 1.